The van der Waals surface area contributed by atoms with Crippen LogP contribution in [0.25, 0.3) is 0 Å². The van der Waals surface area contributed by atoms with Gasteiger partial charge in [-0.15, -0.1) is 0 Å². The monoisotopic (exact) mass is 251 g/mol. The molecule has 0 radical (unpaired) electrons. The van der Waals surface area contributed by atoms with Crippen LogP contribution in [0.15, 0.2) is 36.4 Å². The van der Waals surface area contributed by atoms with Crippen LogP contribution in [0.1, 0.15) is 17.4 Å². The third-order valence-electron chi connectivity index (χ3n) is 2.49. The van der Waals surface area contributed by atoms with E-state index in [0.29, 0.717) is 5.88 Å². The zero-order chi connectivity index (χ0) is 13.1. The highest BCUT2D eigenvalue weighted by Gasteiger charge is 2.17. The van der Waals surface area contributed by atoms with Crippen LogP contribution < -0.4 is 4.74 Å². The molecule has 1 heterocycles. The van der Waals surface area contributed by atoms with Gasteiger partial charge in [-0.05, 0) is 24.3 Å². The molecule has 2 aromatic rings. The maximum Gasteiger partial charge on any atom is 0.213 e. The van der Waals surface area contributed by atoms with Gasteiger partial charge in [0.25, 0.3) is 0 Å². The fourth-order valence-electron chi connectivity index (χ4n) is 1.58. The molecular weight excluding hydrogens is 240 g/mol. The summed E-state index contributed by atoms with van der Waals surface area (Å²) in [5, 5.41) is 9.99. The molecule has 94 valence electrons. The number of aliphatic hydroxyl groups excluding tert-OH is 1. The fraction of sp³-hybridized carbons (Fsp3) is 0.154. The fourth-order valence-corrected chi connectivity index (χ4v) is 1.58. The molecule has 0 amide bonds. The van der Waals surface area contributed by atoms with Gasteiger partial charge in [0.2, 0.25) is 5.88 Å². The first-order chi connectivity index (χ1) is 8.61. The van der Waals surface area contributed by atoms with Crippen LogP contribution >= 0.6 is 0 Å². The van der Waals surface area contributed by atoms with Crippen LogP contribution in [0, 0.1) is 11.6 Å². The molecule has 0 saturated carbocycles. The Morgan fingerprint density at radius 1 is 1.22 bits per heavy atom. The van der Waals surface area contributed by atoms with Crippen LogP contribution in [0.2, 0.25) is 0 Å². The Kier molecular flexibility index (Phi) is 3.53. The van der Waals surface area contributed by atoms with Gasteiger partial charge in [-0.2, -0.15) is 0 Å². The van der Waals surface area contributed by atoms with Gasteiger partial charge < -0.3 is 9.84 Å². The largest absolute Gasteiger partial charge is 0.481 e. The van der Waals surface area contributed by atoms with E-state index < -0.39 is 17.7 Å². The second-order valence-electron chi connectivity index (χ2n) is 3.67. The molecular formula is C13H11F2NO2. The van der Waals surface area contributed by atoms with Crippen molar-refractivity contribution in [1.82, 2.24) is 4.98 Å². The van der Waals surface area contributed by atoms with Crippen LogP contribution in [0.4, 0.5) is 8.78 Å². The lowest BCUT2D eigenvalue weighted by Gasteiger charge is -2.12. The van der Waals surface area contributed by atoms with E-state index in [1.165, 1.54) is 13.2 Å². The van der Waals surface area contributed by atoms with E-state index in [9.17, 15) is 13.9 Å². The summed E-state index contributed by atoms with van der Waals surface area (Å²) in [5.41, 5.74) is 0.0367. The van der Waals surface area contributed by atoms with Crippen LogP contribution in [-0.2, 0) is 0 Å². The Bertz CT molecular complexity index is 560. The first-order valence-electron chi connectivity index (χ1n) is 5.26. The Balaban J connectivity index is 2.40. The lowest BCUT2D eigenvalue weighted by Crippen LogP contribution is -2.06. The summed E-state index contributed by atoms with van der Waals surface area (Å²) in [6.07, 6.45) is -1.34. The maximum atomic E-state index is 13.5. The number of nitrogens with zero attached hydrogens (tertiary/aromatic N) is 1. The van der Waals surface area contributed by atoms with Crippen molar-refractivity contribution >= 4 is 0 Å². The molecule has 3 nitrogen and oxygen atoms in total. The van der Waals surface area contributed by atoms with Gasteiger partial charge in [-0.3, -0.25) is 0 Å². The zero-order valence-corrected chi connectivity index (χ0v) is 9.60. The molecule has 0 spiro atoms. The number of aliphatic hydroxyl groups is 1. The van der Waals surface area contributed by atoms with Crippen LogP contribution in [-0.4, -0.2) is 17.2 Å². The predicted octanol–water partition coefficient (Wildman–Crippen LogP) is 2.45. The minimum Gasteiger partial charge on any atom is -0.481 e. The van der Waals surface area contributed by atoms with E-state index in [1.807, 2.05) is 0 Å². The average molecular weight is 251 g/mol. The normalized spacial score (nSPS) is 12.2. The van der Waals surface area contributed by atoms with Crippen LogP contribution in [0.5, 0.6) is 5.88 Å². The highest BCUT2D eigenvalue weighted by atomic mass is 19.1. The number of aromatic nitrogens is 1. The molecule has 1 atom stereocenters. The van der Waals surface area contributed by atoms with E-state index in [0.717, 1.165) is 18.2 Å². The molecule has 1 unspecified atom stereocenters. The second-order valence-corrected chi connectivity index (χ2v) is 3.67. The van der Waals surface area contributed by atoms with Gasteiger partial charge in [0.05, 0.1) is 12.8 Å². The smallest absolute Gasteiger partial charge is 0.213 e. The zero-order valence-electron chi connectivity index (χ0n) is 9.60. The molecule has 0 saturated heterocycles. The predicted molar refractivity (Wildman–Crippen MR) is 61.2 cm³/mol. The minimum absolute atomic E-state index is 0.157. The SMILES string of the molecule is COc1cccc(C(O)c2cc(F)ccc2F)n1. The molecule has 0 aliphatic carbocycles. The Morgan fingerprint density at radius 3 is 2.72 bits per heavy atom. The van der Waals surface area contributed by atoms with Crippen molar-refractivity contribution in [3.8, 4) is 5.88 Å². The summed E-state index contributed by atoms with van der Waals surface area (Å²) in [6, 6.07) is 7.62. The third kappa shape index (κ3) is 2.46. The molecule has 2 rings (SSSR count). The second kappa shape index (κ2) is 5.10. The molecule has 1 aromatic heterocycles. The summed E-state index contributed by atoms with van der Waals surface area (Å²) in [6.45, 7) is 0. The van der Waals surface area contributed by atoms with E-state index in [1.54, 1.807) is 12.1 Å². The molecule has 0 aliphatic rings. The van der Waals surface area contributed by atoms with Crippen molar-refractivity contribution in [2.45, 2.75) is 6.10 Å². The summed E-state index contributed by atoms with van der Waals surface area (Å²) in [5.74, 6) is -1.01. The van der Waals surface area contributed by atoms with Crippen molar-refractivity contribution in [2.75, 3.05) is 7.11 Å². The highest BCUT2D eigenvalue weighted by molar-refractivity contribution is 5.29. The van der Waals surface area contributed by atoms with E-state index in [-0.39, 0.29) is 11.3 Å². The summed E-state index contributed by atoms with van der Waals surface area (Å²) in [4.78, 5) is 3.98. The Hall–Kier alpha value is -2.01. The number of pyridine rings is 1. The number of hydrogen-bond acceptors (Lipinski definition) is 3. The summed E-state index contributed by atoms with van der Waals surface area (Å²) in [7, 11) is 1.43. The van der Waals surface area contributed by atoms with Crippen LogP contribution in [0.3, 0.4) is 0 Å². The van der Waals surface area contributed by atoms with Gasteiger partial charge in [-0.1, -0.05) is 6.07 Å². The highest BCUT2D eigenvalue weighted by Crippen LogP contribution is 2.24. The van der Waals surface area contributed by atoms with E-state index in [2.05, 4.69) is 4.98 Å². The lowest BCUT2D eigenvalue weighted by atomic mass is 10.1. The lowest BCUT2D eigenvalue weighted by molar-refractivity contribution is 0.208. The number of ether oxygens (including phenoxy) is 1. The van der Waals surface area contributed by atoms with Crippen molar-refractivity contribution in [3.63, 3.8) is 0 Å². The number of methoxy groups -OCH3 is 1. The Morgan fingerprint density at radius 2 is 2.00 bits per heavy atom. The van der Waals surface area contributed by atoms with E-state index >= 15 is 0 Å². The van der Waals surface area contributed by atoms with Gasteiger partial charge in [-0.25, -0.2) is 13.8 Å². The Labute approximate surface area is 103 Å². The number of benzene rings is 1. The van der Waals surface area contributed by atoms with E-state index in [4.69, 9.17) is 4.74 Å². The van der Waals surface area contributed by atoms with Crippen molar-refractivity contribution in [3.05, 3.63) is 59.3 Å². The van der Waals surface area contributed by atoms with Gasteiger partial charge >= 0.3 is 0 Å². The molecule has 0 bridgehead atoms. The summed E-state index contributed by atoms with van der Waals surface area (Å²) >= 11 is 0. The molecule has 18 heavy (non-hydrogen) atoms. The molecule has 0 fully saturated rings. The number of hydrogen-bond donors (Lipinski definition) is 1. The van der Waals surface area contributed by atoms with Crippen molar-refractivity contribution in [1.29, 1.82) is 0 Å². The first-order valence-corrected chi connectivity index (χ1v) is 5.26. The minimum atomic E-state index is -1.34. The standard InChI is InChI=1S/C13H11F2NO2/c1-18-12-4-2-3-11(16-12)13(17)9-7-8(14)5-6-10(9)15/h2-7,13,17H,1H3. The topological polar surface area (TPSA) is 42.4 Å². The average Bonchev–Trinajstić information content (AvgIpc) is 2.41. The van der Waals surface area contributed by atoms with Crippen molar-refractivity contribution in [2.24, 2.45) is 0 Å². The number of rotatable bonds is 3. The molecule has 1 aromatic carbocycles. The summed E-state index contributed by atoms with van der Waals surface area (Å²) < 4.78 is 31.5. The molecule has 5 heteroatoms. The van der Waals surface area contributed by atoms with Gasteiger partial charge in [0, 0.05) is 11.6 Å². The quantitative estimate of drug-likeness (QED) is 0.911. The van der Waals surface area contributed by atoms with Gasteiger partial charge in [0.1, 0.15) is 17.7 Å². The maximum absolute atomic E-state index is 13.5. The van der Waals surface area contributed by atoms with Gasteiger partial charge in [0.15, 0.2) is 0 Å². The van der Waals surface area contributed by atoms with Crippen molar-refractivity contribution < 1.29 is 18.6 Å². The molecule has 0 aliphatic heterocycles. The third-order valence-corrected chi connectivity index (χ3v) is 2.49. The number of halogens is 2. The molecule has 1 N–H and O–H groups in total. The first kappa shape index (κ1) is 12.4.